The highest BCUT2D eigenvalue weighted by molar-refractivity contribution is 5.85. The van der Waals surface area contributed by atoms with Crippen LogP contribution in [0.3, 0.4) is 0 Å². The zero-order chi connectivity index (χ0) is 15.8. The maximum absolute atomic E-state index is 13.4. The summed E-state index contributed by atoms with van der Waals surface area (Å²) in [4.78, 5) is 33.7. The van der Waals surface area contributed by atoms with Crippen molar-refractivity contribution in [2.24, 2.45) is 0 Å². The van der Waals surface area contributed by atoms with Gasteiger partial charge in [0.05, 0.1) is 13.5 Å². The summed E-state index contributed by atoms with van der Waals surface area (Å²) >= 11 is 0. The van der Waals surface area contributed by atoms with Crippen LogP contribution in [0.25, 0.3) is 0 Å². The number of nitrogens with one attached hydrogen (secondary N) is 1. The first-order valence-corrected chi connectivity index (χ1v) is 6.26. The Morgan fingerprint density at radius 1 is 1.33 bits per heavy atom. The first kappa shape index (κ1) is 16.6. The van der Waals surface area contributed by atoms with E-state index in [2.05, 4.69) is 10.1 Å². The van der Waals surface area contributed by atoms with E-state index in [0.29, 0.717) is 0 Å². The summed E-state index contributed by atoms with van der Waals surface area (Å²) in [7, 11) is 1.19. The third-order valence-corrected chi connectivity index (χ3v) is 2.81. The van der Waals surface area contributed by atoms with Gasteiger partial charge in [0.1, 0.15) is 11.9 Å². The van der Waals surface area contributed by atoms with Gasteiger partial charge in [0.25, 0.3) is 0 Å². The van der Waals surface area contributed by atoms with E-state index in [1.807, 2.05) is 0 Å². The van der Waals surface area contributed by atoms with Gasteiger partial charge < -0.3 is 15.2 Å². The van der Waals surface area contributed by atoms with Crippen LogP contribution in [0.1, 0.15) is 18.4 Å². The van der Waals surface area contributed by atoms with Crippen molar-refractivity contribution in [1.29, 1.82) is 0 Å². The van der Waals surface area contributed by atoms with E-state index in [0.717, 1.165) is 0 Å². The average molecular weight is 297 g/mol. The average Bonchev–Trinajstić information content (AvgIpc) is 2.45. The van der Waals surface area contributed by atoms with Crippen LogP contribution in [0, 0.1) is 5.82 Å². The van der Waals surface area contributed by atoms with Crippen molar-refractivity contribution in [3.63, 3.8) is 0 Å². The molecule has 0 saturated carbocycles. The molecule has 0 heterocycles. The molecule has 1 aromatic rings. The predicted octanol–water partition coefficient (Wildman–Crippen LogP) is 0.891. The molecule has 2 N–H and O–H groups in total. The van der Waals surface area contributed by atoms with Gasteiger partial charge in [-0.2, -0.15) is 0 Å². The minimum absolute atomic E-state index is 0.0922. The summed E-state index contributed by atoms with van der Waals surface area (Å²) in [5.74, 6) is -2.99. The van der Waals surface area contributed by atoms with Crippen molar-refractivity contribution in [2.75, 3.05) is 7.11 Å². The molecule has 1 aromatic carbocycles. The Hall–Kier alpha value is -2.44. The number of amides is 1. The number of carboxylic acids is 1. The van der Waals surface area contributed by atoms with E-state index >= 15 is 0 Å². The van der Waals surface area contributed by atoms with Gasteiger partial charge >= 0.3 is 11.9 Å². The fourth-order valence-electron chi connectivity index (χ4n) is 1.68. The normalized spacial score (nSPS) is 11.5. The van der Waals surface area contributed by atoms with Gasteiger partial charge in [0, 0.05) is 6.42 Å². The molecule has 0 aliphatic rings. The highest BCUT2D eigenvalue weighted by atomic mass is 19.1. The lowest BCUT2D eigenvalue weighted by molar-refractivity contribution is -0.144. The predicted molar refractivity (Wildman–Crippen MR) is 70.9 cm³/mol. The molecule has 7 heteroatoms. The molecular formula is C14H16FNO5. The zero-order valence-corrected chi connectivity index (χ0v) is 11.5. The molecule has 1 rings (SSSR count). The van der Waals surface area contributed by atoms with Crippen molar-refractivity contribution in [3.05, 3.63) is 35.6 Å². The largest absolute Gasteiger partial charge is 0.480 e. The van der Waals surface area contributed by atoms with Gasteiger partial charge in [-0.1, -0.05) is 18.2 Å². The molecule has 0 saturated heterocycles. The summed E-state index contributed by atoms with van der Waals surface area (Å²) in [5, 5.41) is 11.2. The standard InChI is InChI=1S/C14H16FNO5/c1-21-13(18)7-6-11(14(19)20)16-12(17)8-9-4-2-3-5-10(9)15/h2-5,11H,6-8H2,1H3,(H,16,17)(H,19,20)/t11-/m1/s1. The van der Waals surface area contributed by atoms with Crippen LogP contribution in [0.15, 0.2) is 24.3 Å². The number of benzene rings is 1. The molecule has 0 aliphatic heterocycles. The van der Waals surface area contributed by atoms with E-state index in [4.69, 9.17) is 5.11 Å². The molecule has 0 bridgehead atoms. The molecule has 1 atom stereocenters. The van der Waals surface area contributed by atoms with E-state index in [9.17, 15) is 18.8 Å². The highest BCUT2D eigenvalue weighted by Crippen LogP contribution is 2.07. The molecule has 0 radical (unpaired) electrons. The molecule has 0 spiro atoms. The molecule has 0 unspecified atom stereocenters. The molecule has 0 fully saturated rings. The van der Waals surface area contributed by atoms with Gasteiger partial charge in [0.15, 0.2) is 0 Å². The fraction of sp³-hybridized carbons (Fsp3) is 0.357. The van der Waals surface area contributed by atoms with Gasteiger partial charge in [-0.25, -0.2) is 9.18 Å². The SMILES string of the molecule is COC(=O)CC[C@@H](NC(=O)Cc1ccccc1F)C(=O)O. The quantitative estimate of drug-likeness (QED) is 0.729. The Kier molecular flexibility index (Phi) is 6.32. The lowest BCUT2D eigenvalue weighted by Gasteiger charge is -2.14. The highest BCUT2D eigenvalue weighted by Gasteiger charge is 2.21. The number of carbonyl (C=O) groups excluding carboxylic acids is 2. The van der Waals surface area contributed by atoms with Crippen LogP contribution >= 0.6 is 0 Å². The number of rotatable bonds is 7. The Bertz CT molecular complexity index is 532. The summed E-state index contributed by atoms with van der Waals surface area (Å²) in [6, 6.07) is 4.52. The first-order valence-electron chi connectivity index (χ1n) is 6.26. The second-order valence-corrected chi connectivity index (χ2v) is 4.34. The van der Waals surface area contributed by atoms with Gasteiger partial charge in [-0.05, 0) is 18.1 Å². The van der Waals surface area contributed by atoms with Gasteiger partial charge in [-0.3, -0.25) is 9.59 Å². The topological polar surface area (TPSA) is 92.7 Å². The van der Waals surface area contributed by atoms with Crippen LogP contribution in [-0.2, 0) is 25.5 Å². The summed E-state index contributed by atoms with van der Waals surface area (Å²) in [6.07, 6.45) is -0.493. The second kappa shape index (κ2) is 7.98. The first-order chi connectivity index (χ1) is 9.93. The summed E-state index contributed by atoms with van der Waals surface area (Å²) < 4.78 is 17.8. The monoisotopic (exact) mass is 297 g/mol. The van der Waals surface area contributed by atoms with Crippen molar-refractivity contribution in [3.8, 4) is 0 Å². The number of hydrogen-bond donors (Lipinski definition) is 2. The van der Waals surface area contributed by atoms with Crippen LogP contribution in [0.2, 0.25) is 0 Å². The van der Waals surface area contributed by atoms with E-state index in [1.54, 1.807) is 6.07 Å². The number of aliphatic carboxylic acids is 1. The minimum Gasteiger partial charge on any atom is -0.480 e. The molecule has 114 valence electrons. The van der Waals surface area contributed by atoms with Crippen molar-refractivity contribution in [2.45, 2.75) is 25.3 Å². The fourth-order valence-corrected chi connectivity index (χ4v) is 1.68. The number of ether oxygens (including phenoxy) is 1. The van der Waals surface area contributed by atoms with Crippen LogP contribution < -0.4 is 5.32 Å². The van der Waals surface area contributed by atoms with Crippen LogP contribution in [0.5, 0.6) is 0 Å². The lowest BCUT2D eigenvalue weighted by Crippen LogP contribution is -2.41. The lowest BCUT2D eigenvalue weighted by atomic mass is 10.1. The Morgan fingerprint density at radius 3 is 2.57 bits per heavy atom. The van der Waals surface area contributed by atoms with Crippen molar-refractivity contribution < 1.29 is 28.6 Å². The number of methoxy groups -OCH3 is 1. The molecule has 0 aliphatic carbocycles. The number of esters is 1. The number of carboxylic acid groups (broad SMARTS) is 1. The Balaban J connectivity index is 2.58. The van der Waals surface area contributed by atoms with Crippen molar-refractivity contribution >= 4 is 17.8 Å². The van der Waals surface area contributed by atoms with Gasteiger partial charge in [-0.15, -0.1) is 0 Å². The Morgan fingerprint density at radius 2 is 2.00 bits per heavy atom. The maximum atomic E-state index is 13.4. The van der Waals surface area contributed by atoms with Gasteiger partial charge in [0.2, 0.25) is 5.91 Å². The smallest absolute Gasteiger partial charge is 0.326 e. The third kappa shape index (κ3) is 5.60. The molecular weight excluding hydrogens is 281 g/mol. The minimum atomic E-state index is -1.26. The van der Waals surface area contributed by atoms with Crippen LogP contribution in [-0.4, -0.2) is 36.1 Å². The number of halogens is 1. The third-order valence-electron chi connectivity index (χ3n) is 2.81. The summed E-state index contributed by atoms with van der Waals surface area (Å²) in [6.45, 7) is 0. The Labute approximate surface area is 120 Å². The zero-order valence-electron chi connectivity index (χ0n) is 11.5. The molecule has 0 aromatic heterocycles. The van der Waals surface area contributed by atoms with E-state index < -0.39 is 29.7 Å². The van der Waals surface area contributed by atoms with Crippen molar-refractivity contribution in [1.82, 2.24) is 5.32 Å². The number of carbonyl (C=O) groups is 3. The van der Waals surface area contributed by atoms with E-state index in [1.165, 1.54) is 25.3 Å². The second-order valence-electron chi connectivity index (χ2n) is 4.34. The van der Waals surface area contributed by atoms with Crippen LogP contribution in [0.4, 0.5) is 4.39 Å². The number of hydrogen-bond acceptors (Lipinski definition) is 4. The molecule has 6 nitrogen and oxygen atoms in total. The molecule has 1 amide bonds. The molecule has 21 heavy (non-hydrogen) atoms. The maximum Gasteiger partial charge on any atom is 0.326 e. The summed E-state index contributed by atoms with van der Waals surface area (Å²) in [5.41, 5.74) is 0.173. The van der Waals surface area contributed by atoms with E-state index in [-0.39, 0.29) is 24.8 Å².